The zero-order valence-electron chi connectivity index (χ0n) is 17.8. The second-order valence-corrected chi connectivity index (χ2v) is 7.88. The number of hydrogen-bond donors (Lipinski definition) is 1. The first-order chi connectivity index (χ1) is 14.5. The lowest BCUT2D eigenvalue weighted by Crippen LogP contribution is -2.12. The van der Waals surface area contributed by atoms with Crippen molar-refractivity contribution in [2.45, 2.75) is 39.8 Å². The molecule has 154 valence electrons. The number of nitrogens with zero attached hydrogens (tertiary/aromatic N) is 2. The molecule has 4 aromatic rings. The molecule has 0 saturated heterocycles. The van der Waals surface area contributed by atoms with Gasteiger partial charge in [0.2, 0.25) is 0 Å². The molecule has 4 heteroatoms. The van der Waals surface area contributed by atoms with Crippen LogP contribution in [0.1, 0.15) is 40.6 Å². The first-order valence-corrected chi connectivity index (χ1v) is 10.4. The predicted molar refractivity (Wildman–Crippen MR) is 121 cm³/mol. The summed E-state index contributed by atoms with van der Waals surface area (Å²) in [5.74, 6) is 1.56. The minimum absolute atomic E-state index is 0.606. The molecule has 0 amide bonds. The van der Waals surface area contributed by atoms with E-state index < -0.39 is 6.10 Å². The number of rotatable bonds is 7. The highest BCUT2D eigenvalue weighted by molar-refractivity contribution is 5.78. The summed E-state index contributed by atoms with van der Waals surface area (Å²) in [6.07, 6.45) is 0.0538. The second kappa shape index (κ2) is 8.72. The highest BCUT2D eigenvalue weighted by Crippen LogP contribution is 2.28. The molecular weight excluding hydrogens is 372 g/mol. The quantitative estimate of drug-likeness (QED) is 0.416. The molecule has 1 aromatic heterocycles. The van der Waals surface area contributed by atoms with Crippen LogP contribution in [0.15, 0.2) is 66.7 Å². The van der Waals surface area contributed by atoms with Gasteiger partial charge in [-0.2, -0.15) is 0 Å². The molecule has 1 atom stereocenters. The Morgan fingerprint density at radius 3 is 2.37 bits per heavy atom. The summed E-state index contributed by atoms with van der Waals surface area (Å²) in [4.78, 5) is 4.81. The molecule has 0 bridgehead atoms. The Labute approximate surface area is 177 Å². The van der Waals surface area contributed by atoms with Crippen LogP contribution < -0.4 is 4.74 Å². The van der Waals surface area contributed by atoms with Gasteiger partial charge in [-0.3, -0.25) is 0 Å². The van der Waals surface area contributed by atoms with E-state index >= 15 is 0 Å². The highest BCUT2D eigenvalue weighted by Gasteiger charge is 2.20. The third-order valence-electron chi connectivity index (χ3n) is 5.57. The van der Waals surface area contributed by atoms with E-state index in [4.69, 9.17) is 9.72 Å². The first kappa shape index (κ1) is 20.2. The van der Waals surface area contributed by atoms with Crippen LogP contribution in [0.3, 0.4) is 0 Å². The highest BCUT2D eigenvalue weighted by atomic mass is 16.5. The Hall–Kier alpha value is -3.11. The SMILES string of the molecule is Cc1ccc(OCCCn2c(C(O)c3ccccc3)nc3cc(C)c(C)cc32)cc1. The maximum absolute atomic E-state index is 11.1. The lowest BCUT2D eigenvalue weighted by molar-refractivity contribution is 0.203. The number of hydrogen-bond acceptors (Lipinski definition) is 3. The van der Waals surface area contributed by atoms with Crippen molar-refractivity contribution >= 4 is 11.0 Å². The molecule has 0 aliphatic heterocycles. The van der Waals surface area contributed by atoms with Crippen molar-refractivity contribution < 1.29 is 9.84 Å². The van der Waals surface area contributed by atoms with Crippen molar-refractivity contribution in [1.29, 1.82) is 0 Å². The predicted octanol–water partition coefficient (Wildman–Crippen LogP) is 5.51. The summed E-state index contributed by atoms with van der Waals surface area (Å²) >= 11 is 0. The fraction of sp³-hybridized carbons (Fsp3) is 0.269. The van der Waals surface area contributed by atoms with Gasteiger partial charge in [0.15, 0.2) is 0 Å². The Morgan fingerprint density at radius 1 is 0.933 bits per heavy atom. The van der Waals surface area contributed by atoms with Gasteiger partial charge in [0.25, 0.3) is 0 Å². The largest absolute Gasteiger partial charge is 0.494 e. The maximum atomic E-state index is 11.1. The molecule has 3 aromatic carbocycles. The number of benzene rings is 3. The minimum atomic E-state index is -0.766. The van der Waals surface area contributed by atoms with E-state index in [9.17, 15) is 5.11 Å². The summed E-state index contributed by atoms with van der Waals surface area (Å²) in [6, 6.07) is 22.1. The van der Waals surface area contributed by atoms with E-state index in [1.54, 1.807) is 0 Å². The number of aryl methyl sites for hydroxylation is 4. The van der Waals surface area contributed by atoms with Crippen LogP contribution in [0, 0.1) is 20.8 Å². The van der Waals surface area contributed by atoms with Gasteiger partial charge in [0.1, 0.15) is 17.7 Å². The molecule has 30 heavy (non-hydrogen) atoms. The normalized spacial score (nSPS) is 12.3. The Morgan fingerprint density at radius 2 is 1.63 bits per heavy atom. The first-order valence-electron chi connectivity index (χ1n) is 10.4. The average Bonchev–Trinajstić information content (AvgIpc) is 3.10. The standard InChI is InChI=1S/C26H28N2O2/c1-18-10-12-22(13-11-18)30-15-7-14-28-24-17-20(3)19(2)16-23(24)27-26(28)25(29)21-8-5-4-6-9-21/h4-6,8-13,16-17,25,29H,7,14-15H2,1-3H3. The van der Waals surface area contributed by atoms with Crippen molar-refractivity contribution in [3.63, 3.8) is 0 Å². The molecule has 0 aliphatic rings. The molecule has 4 rings (SSSR count). The molecule has 1 unspecified atom stereocenters. The monoisotopic (exact) mass is 400 g/mol. The van der Waals surface area contributed by atoms with E-state index in [2.05, 4.69) is 49.6 Å². The summed E-state index contributed by atoms with van der Waals surface area (Å²) < 4.78 is 8.04. The number of aromatic nitrogens is 2. The van der Waals surface area contributed by atoms with Crippen LogP contribution in [0.2, 0.25) is 0 Å². The smallest absolute Gasteiger partial charge is 0.143 e. The number of aliphatic hydroxyl groups excluding tert-OH is 1. The third kappa shape index (κ3) is 4.24. The fourth-order valence-corrected chi connectivity index (χ4v) is 3.67. The minimum Gasteiger partial charge on any atom is -0.494 e. The van der Waals surface area contributed by atoms with Crippen LogP contribution >= 0.6 is 0 Å². The van der Waals surface area contributed by atoms with Crippen LogP contribution in [-0.2, 0) is 6.54 Å². The van der Waals surface area contributed by atoms with Gasteiger partial charge in [-0.15, -0.1) is 0 Å². The Kier molecular flexibility index (Phi) is 5.86. The molecule has 4 nitrogen and oxygen atoms in total. The molecular formula is C26H28N2O2. The van der Waals surface area contributed by atoms with E-state index in [0.29, 0.717) is 12.4 Å². The van der Waals surface area contributed by atoms with Gasteiger partial charge in [-0.05, 0) is 68.1 Å². The number of ether oxygens (including phenoxy) is 1. The van der Waals surface area contributed by atoms with E-state index in [1.165, 1.54) is 16.7 Å². The number of aliphatic hydroxyl groups is 1. The van der Waals surface area contributed by atoms with Crippen molar-refractivity contribution in [1.82, 2.24) is 9.55 Å². The lowest BCUT2D eigenvalue weighted by atomic mass is 10.1. The zero-order valence-corrected chi connectivity index (χ0v) is 17.8. The van der Waals surface area contributed by atoms with E-state index in [-0.39, 0.29) is 0 Å². The molecule has 0 aliphatic carbocycles. The van der Waals surface area contributed by atoms with Gasteiger partial charge in [-0.1, -0.05) is 48.0 Å². The van der Waals surface area contributed by atoms with Crippen LogP contribution in [-0.4, -0.2) is 21.3 Å². The van der Waals surface area contributed by atoms with Crippen molar-refractivity contribution in [2.24, 2.45) is 0 Å². The third-order valence-corrected chi connectivity index (χ3v) is 5.57. The molecule has 0 spiro atoms. The molecule has 1 N–H and O–H groups in total. The molecule has 1 heterocycles. The van der Waals surface area contributed by atoms with Gasteiger partial charge < -0.3 is 14.4 Å². The zero-order chi connectivity index (χ0) is 21.1. The molecule has 0 radical (unpaired) electrons. The van der Waals surface area contributed by atoms with Gasteiger partial charge in [0, 0.05) is 6.54 Å². The number of fused-ring (bicyclic) bond motifs is 1. The Balaban J connectivity index is 1.59. The summed E-state index contributed by atoms with van der Waals surface area (Å²) in [5, 5.41) is 11.1. The summed E-state index contributed by atoms with van der Waals surface area (Å²) in [7, 11) is 0. The lowest BCUT2D eigenvalue weighted by Gasteiger charge is -2.15. The molecule has 0 fully saturated rings. The molecule has 0 saturated carbocycles. The van der Waals surface area contributed by atoms with Crippen molar-refractivity contribution in [2.75, 3.05) is 6.61 Å². The fourth-order valence-electron chi connectivity index (χ4n) is 3.67. The van der Waals surface area contributed by atoms with Gasteiger partial charge in [0.05, 0.1) is 17.6 Å². The van der Waals surface area contributed by atoms with Gasteiger partial charge in [-0.25, -0.2) is 4.98 Å². The Bertz CT molecular complexity index is 1130. The van der Waals surface area contributed by atoms with Crippen molar-refractivity contribution in [3.8, 4) is 5.75 Å². The van der Waals surface area contributed by atoms with Crippen LogP contribution in [0.4, 0.5) is 0 Å². The van der Waals surface area contributed by atoms with Crippen LogP contribution in [0.25, 0.3) is 11.0 Å². The van der Waals surface area contributed by atoms with Gasteiger partial charge >= 0.3 is 0 Å². The summed E-state index contributed by atoms with van der Waals surface area (Å²) in [6.45, 7) is 7.60. The van der Waals surface area contributed by atoms with E-state index in [1.807, 2.05) is 42.5 Å². The average molecular weight is 401 g/mol. The van der Waals surface area contributed by atoms with E-state index in [0.717, 1.165) is 35.3 Å². The summed E-state index contributed by atoms with van der Waals surface area (Å²) in [5.41, 5.74) is 6.47. The maximum Gasteiger partial charge on any atom is 0.143 e. The van der Waals surface area contributed by atoms with Crippen LogP contribution in [0.5, 0.6) is 5.75 Å². The topological polar surface area (TPSA) is 47.3 Å². The number of imidazole rings is 1. The second-order valence-electron chi connectivity index (χ2n) is 7.88. The van der Waals surface area contributed by atoms with Crippen molar-refractivity contribution in [3.05, 3.63) is 94.8 Å².